The fourth-order valence-corrected chi connectivity index (χ4v) is 4.49. The molecule has 0 aromatic carbocycles. The summed E-state index contributed by atoms with van der Waals surface area (Å²) >= 11 is 0. The predicted molar refractivity (Wildman–Crippen MR) is 98.2 cm³/mol. The van der Waals surface area contributed by atoms with E-state index in [1.807, 2.05) is 0 Å². The number of rotatable bonds is 5. The van der Waals surface area contributed by atoms with Crippen molar-refractivity contribution in [3.8, 4) is 0 Å². The first-order valence-electron chi connectivity index (χ1n) is 10.2. The Morgan fingerprint density at radius 1 is 1.08 bits per heavy atom. The highest BCUT2D eigenvalue weighted by atomic mass is 16.2. The van der Waals surface area contributed by atoms with Gasteiger partial charge in [0.25, 0.3) is 0 Å². The zero-order valence-corrected chi connectivity index (χ0v) is 15.6. The second-order valence-electron chi connectivity index (χ2n) is 8.07. The molecule has 0 aliphatic carbocycles. The van der Waals surface area contributed by atoms with Gasteiger partial charge in [0.15, 0.2) is 0 Å². The molecule has 3 rings (SSSR count). The maximum Gasteiger partial charge on any atom is 0.237 e. The van der Waals surface area contributed by atoms with Gasteiger partial charge in [-0.25, -0.2) is 0 Å². The van der Waals surface area contributed by atoms with Crippen LogP contribution in [0.25, 0.3) is 0 Å². The highest BCUT2D eigenvalue weighted by Crippen LogP contribution is 2.19. The summed E-state index contributed by atoms with van der Waals surface area (Å²) in [6.07, 6.45) is 7.81. The van der Waals surface area contributed by atoms with Gasteiger partial charge in [-0.05, 0) is 70.9 Å². The lowest BCUT2D eigenvalue weighted by Gasteiger charge is -2.37. The first-order chi connectivity index (χ1) is 12.1. The van der Waals surface area contributed by atoms with Gasteiger partial charge in [0.05, 0.1) is 12.6 Å². The first kappa shape index (κ1) is 18.6. The van der Waals surface area contributed by atoms with E-state index in [1.54, 1.807) is 0 Å². The van der Waals surface area contributed by atoms with Gasteiger partial charge in [0, 0.05) is 25.7 Å². The molecule has 0 saturated carbocycles. The number of likely N-dealkylation sites (tertiary alicyclic amines) is 2. The van der Waals surface area contributed by atoms with Gasteiger partial charge in [-0.15, -0.1) is 0 Å². The molecule has 3 aliphatic heterocycles. The van der Waals surface area contributed by atoms with E-state index >= 15 is 0 Å². The van der Waals surface area contributed by atoms with E-state index in [0.29, 0.717) is 18.5 Å². The summed E-state index contributed by atoms with van der Waals surface area (Å²) in [6, 6.07) is 0.391. The second kappa shape index (κ2) is 8.99. The van der Waals surface area contributed by atoms with Crippen LogP contribution in [0.3, 0.4) is 0 Å². The monoisotopic (exact) mass is 350 g/mol. The minimum absolute atomic E-state index is 0.00172. The zero-order chi connectivity index (χ0) is 17.6. The van der Waals surface area contributed by atoms with E-state index in [1.165, 1.54) is 6.42 Å². The van der Waals surface area contributed by atoms with Gasteiger partial charge >= 0.3 is 0 Å². The van der Waals surface area contributed by atoms with Crippen molar-refractivity contribution in [1.82, 2.24) is 20.4 Å². The lowest BCUT2D eigenvalue weighted by atomic mass is 9.97. The molecule has 25 heavy (non-hydrogen) atoms. The van der Waals surface area contributed by atoms with Crippen molar-refractivity contribution in [3.63, 3.8) is 0 Å². The Balaban J connectivity index is 1.41. The smallest absolute Gasteiger partial charge is 0.237 e. The highest BCUT2D eigenvalue weighted by Gasteiger charge is 2.28. The van der Waals surface area contributed by atoms with Gasteiger partial charge in [-0.2, -0.15) is 0 Å². The first-order valence-corrected chi connectivity index (χ1v) is 10.2. The van der Waals surface area contributed by atoms with E-state index in [9.17, 15) is 9.59 Å². The maximum absolute atomic E-state index is 12.6. The summed E-state index contributed by atoms with van der Waals surface area (Å²) in [5.74, 6) is 0.894. The van der Waals surface area contributed by atoms with Crippen LogP contribution in [0.15, 0.2) is 0 Å². The van der Waals surface area contributed by atoms with Crippen LogP contribution in [0.1, 0.15) is 51.9 Å². The number of amides is 2. The van der Waals surface area contributed by atoms with Gasteiger partial charge in [0.2, 0.25) is 11.8 Å². The third kappa shape index (κ3) is 5.17. The molecule has 3 aliphatic rings. The molecule has 3 fully saturated rings. The predicted octanol–water partition coefficient (Wildman–Crippen LogP) is 0.968. The molecule has 0 radical (unpaired) electrons. The number of carbonyl (C=O) groups excluding carboxylic acids is 2. The van der Waals surface area contributed by atoms with E-state index in [-0.39, 0.29) is 17.9 Å². The standard InChI is InChI=1S/C19H34N4O2/c1-15-6-2-3-11-23(15)18(24)14-22-10-5-7-16(13-22)12-21-19(25)17-8-4-9-20-17/h15-17,20H,2-14H2,1H3,(H,21,25). The molecular weight excluding hydrogens is 316 g/mol. The van der Waals surface area contributed by atoms with Crippen LogP contribution in [0.2, 0.25) is 0 Å². The Labute approximate surface area is 151 Å². The third-order valence-corrected chi connectivity index (χ3v) is 6.03. The summed E-state index contributed by atoms with van der Waals surface area (Å²) in [4.78, 5) is 29.1. The summed E-state index contributed by atoms with van der Waals surface area (Å²) in [7, 11) is 0. The van der Waals surface area contributed by atoms with E-state index < -0.39 is 0 Å². The van der Waals surface area contributed by atoms with Gasteiger partial charge < -0.3 is 15.5 Å². The Morgan fingerprint density at radius 2 is 1.96 bits per heavy atom. The fraction of sp³-hybridized carbons (Fsp3) is 0.895. The molecule has 2 amide bonds. The molecule has 0 aromatic rings. The van der Waals surface area contributed by atoms with Crippen LogP contribution in [0.5, 0.6) is 0 Å². The molecule has 0 aromatic heterocycles. The van der Waals surface area contributed by atoms with Crippen LogP contribution in [0, 0.1) is 5.92 Å². The number of hydrogen-bond acceptors (Lipinski definition) is 4. The number of hydrogen-bond donors (Lipinski definition) is 2. The van der Waals surface area contributed by atoms with Crippen molar-refractivity contribution >= 4 is 11.8 Å². The number of nitrogens with one attached hydrogen (secondary N) is 2. The Kier molecular flexibility index (Phi) is 6.70. The van der Waals surface area contributed by atoms with Gasteiger partial charge in [-0.3, -0.25) is 14.5 Å². The maximum atomic E-state index is 12.6. The Morgan fingerprint density at radius 3 is 2.72 bits per heavy atom. The van der Waals surface area contributed by atoms with E-state index in [4.69, 9.17) is 0 Å². The van der Waals surface area contributed by atoms with Crippen LogP contribution in [-0.2, 0) is 9.59 Å². The van der Waals surface area contributed by atoms with Crippen molar-refractivity contribution in [3.05, 3.63) is 0 Å². The average molecular weight is 351 g/mol. The summed E-state index contributed by atoms with van der Waals surface area (Å²) < 4.78 is 0. The lowest BCUT2D eigenvalue weighted by Crippen LogP contribution is -2.50. The van der Waals surface area contributed by atoms with Crippen LogP contribution < -0.4 is 10.6 Å². The molecule has 6 nitrogen and oxygen atoms in total. The molecular formula is C19H34N4O2. The van der Waals surface area contributed by atoms with Crippen molar-refractivity contribution in [1.29, 1.82) is 0 Å². The molecule has 0 spiro atoms. The molecule has 3 saturated heterocycles. The number of piperidine rings is 2. The van der Waals surface area contributed by atoms with Crippen LogP contribution in [-0.4, -0.2) is 73.0 Å². The molecule has 0 bridgehead atoms. The summed E-state index contributed by atoms with van der Waals surface area (Å²) in [5.41, 5.74) is 0. The van der Waals surface area contributed by atoms with Crippen molar-refractivity contribution in [2.24, 2.45) is 5.92 Å². The summed E-state index contributed by atoms with van der Waals surface area (Å²) in [6.45, 7) is 7.24. The second-order valence-corrected chi connectivity index (χ2v) is 8.07. The van der Waals surface area contributed by atoms with Gasteiger partial charge in [-0.1, -0.05) is 0 Å². The highest BCUT2D eigenvalue weighted by molar-refractivity contribution is 5.82. The quantitative estimate of drug-likeness (QED) is 0.775. The van der Waals surface area contributed by atoms with E-state index in [0.717, 1.165) is 71.2 Å². The average Bonchev–Trinajstić information content (AvgIpc) is 3.15. The normalized spacial score (nSPS) is 31.1. The molecule has 2 N–H and O–H groups in total. The van der Waals surface area contributed by atoms with Crippen LogP contribution in [0.4, 0.5) is 0 Å². The minimum Gasteiger partial charge on any atom is -0.354 e. The van der Waals surface area contributed by atoms with Crippen LogP contribution >= 0.6 is 0 Å². The fourth-order valence-electron chi connectivity index (χ4n) is 4.49. The van der Waals surface area contributed by atoms with Crippen molar-refractivity contribution in [2.45, 2.75) is 64.0 Å². The minimum atomic E-state index is 0.00172. The largest absolute Gasteiger partial charge is 0.354 e. The topological polar surface area (TPSA) is 64.7 Å². The van der Waals surface area contributed by atoms with Gasteiger partial charge in [0.1, 0.15) is 0 Å². The number of nitrogens with zero attached hydrogens (tertiary/aromatic N) is 2. The third-order valence-electron chi connectivity index (χ3n) is 6.03. The molecule has 3 heterocycles. The van der Waals surface area contributed by atoms with Crippen molar-refractivity contribution < 1.29 is 9.59 Å². The zero-order valence-electron chi connectivity index (χ0n) is 15.6. The molecule has 3 atom stereocenters. The Hall–Kier alpha value is -1.14. The lowest BCUT2D eigenvalue weighted by molar-refractivity contribution is -0.136. The van der Waals surface area contributed by atoms with Crippen molar-refractivity contribution in [2.75, 3.05) is 39.3 Å². The molecule has 3 unspecified atom stereocenters. The molecule has 142 valence electrons. The summed E-state index contributed by atoms with van der Waals surface area (Å²) in [5, 5.41) is 6.36. The Bertz CT molecular complexity index is 464. The van der Waals surface area contributed by atoms with E-state index in [2.05, 4.69) is 27.4 Å². The SMILES string of the molecule is CC1CCCCN1C(=O)CN1CCCC(CNC(=O)C2CCCN2)C1. The number of carbonyl (C=O) groups is 2. The molecule has 6 heteroatoms.